The second-order valence-electron chi connectivity index (χ2n) is 5.59. The predicted octanol–water partition coefficient (Wildman–Crippen LogP) is 2.69. The van der Waals surface area contributed by atoms with Crippen molar-refractivity contribution in [3.8, 4) is 5.75 Å². The molecule has 0 saturated heterocycles. The maximum atomic E-state index is 11.7. The van der Waals surface area contributed by atoms with E-state index in [1.165, 1.54) is 30.5 Å². The summed E-state index contributed by atoms with van der Waals surface area (Å²) in [4.78, 5) is 33.5. The summed E-state index contributed by atoms with van der Waals surface area (Å²) in [6, 6.07) is 11.9. The van der Waals surface area contributed by atoms with Crippen LogP contribution < -0.4 is 10.2 Å². The molecule has 146 valence electrons. The van der Waals surface area contributed by atoms with Gasteiger partial charge in [0.05, 0.1) is 23.3 Å². The first kappa shape index (κ1) is 20.6. The molecule has 2 aromatic carbocycles. The molecule has 0 aliphatic heterocycles. The van der Waals surface area contributed by atoms with Crippen molar-refractivity contribution in [3.63, 3.8) is 0 Å². The van der Waals surface area contributed by atoms with Crippen LogP contribution in [0.25, 0.3) is 0 Å². The Morgan fingerprint density at radius 3 is 2.43 bits per heavy atom. The Balaban J connectivity index is 1.77. The Labute approximate surface area is 161 Å². The second kappa shape index (κ2) is 10.4. The number of nitrogens with zero attached hydrogens (tertiary/aromatic N) is 2. The Hall–Kier alpha value is -3.75. The van der Waals surface area contributed by atoms with Crippen molar-refractivity contribution in [3.05, 3.63) is 69.8 Å². The fourth-order valence-electron chi connectivity index (χ4n) is 2.01. The lowest BCUT2D eigenvalue weighted by Crippen LogP contribution is -2.24. The van der Waals surface area contributed by atoms with E-state index in [-0.39, 0.29) is 12.3 Å². The van der Waals surface area contributed by atoms with Crippen LogP contribution >= 0.6 is 0 Å². The number of rotatable bonds is 9. The fourth-order valence-corrected chi connectivity index (χ4v) is 2.01. The van der Waals surface area contributed by atoms with Gasteiger partial charge in [-0.15, -0.1) is 0 Å². The number of hydrogen-bond donors (Lipinski definition) is 1. The van der Waals surface area contributed by atoms with Crippen molar-refractivity contribution in [2.75, 3.05) is 13.2 Å². The quantitative estimate of drug-likeness (QED) is 0.307. The third kappa shape index (κ3) is 6.52. The highest BCUT2D eigenvalue weighted by molar-refractivity contribution is 5.89. The topological polar surface area (TPSA) is 120 Å². The van der Waals surface area contributed by atoms with Crippen LogP contribution in [-0.2, 0) is 9.53 Å². The molecular weight excluding hydrogens is 366 g/mol. The van der Waals surface area contributed by atoms with E-state index in [4.69, 9.17) is 9.47 Å². The molecule has 9 nitrogen and oxygen atoms in total. The van der Waals surface area contributed by atoms with Crippen LogP contribution in [0.4, 0.5) is 5.69 Å². The molecule has 9 heteroatoms. The molecule has 0 heterocycles. The Morgan fingerprint density at radius 1 is 1.14 bits per heavy atom. The van der Waals surface area contributed by atoms with Crippen molar-refractivity contribution in [2.24, 2.45) is 5.10 Å². The number of carbonyl (C=O) groups is 2. The summed E-state index contributed by atoms with van der Waals surface area (Å²) in [6.45, 7) is 2.00. The van der Waals surface area contributed by atoms with Crippen LogP contribution in [0, 0.1) is 10.1 Å². The lowest BCUT2D eigenvalue weighted by atomic mass is 10.2. The van der Waals surface area contributed by atoms with Gasteiger partial charge < -0.3 is 9.47 Å². The molecule has 0 saturated carbocycles. The number of hydrazone groups is 1. The highest BCUT2D eigenvalue weighted by atomic mass is 16.6. The van der Waals surface area contributed by atoms with E-state index in [1.54, 1.807) is 24.3 Å². The van der Waals surface area contributed by atoms with Crippen LogP contribution in [0.3, 0.4) is 0 Å². The minimum Gasteiger partial charge on any atom is -0.484 e. The second-order valence-corrected chi connectivity index (χ2v) is 5.59. The number of non-ortho nitro benzene ring substituents is 1. The van der Waals surface area contributed by atoms with Crippen molar-refractivity contribution in [1.82, 2.24) is 5.43 Å². The zero-order valence-electron chi connectivity index (χ0n) is 15.2. The SMILES string of the molecule is CCCOC(=O)c1ccc(OCC(=O)N/N=C/c2ccc([N+](=O)[O-])cc2)cc1. The standard InChI is InChI=1S/C19H19N3O6/c1-2-11-27-19(24)15-5-9-17(10-6-15)28-13-18(23)21-20-12-14-3-7-16(8-4-14)22(25)26/h3-10,12H,2,11,13H2,1H3,(H,21,23)/b20-12+. The van der Waals surface area contributed by atoms with Crippen molar-refractivity contribution in [1.29, 1.82) is 0 Å². The number of ether oxygens (including phenoxy) is 2. The highest BCUT2D eigenvalue weighted by Crippen LogP contribution is 2.13. The normalized spacial score (nSPS) is 10.5. The zero-order valence-corrected chi connectivity index (χ0v) is 15.2. The Morgan fingerprint density at radius 2 is 1.82 bits per heavy atom. The molecule has 0 radical (unpaired) electrons. The Kier molecular flexibility index (Phi) is 7.64. The summed E-state index contributed by atoms with van der Waals surface area (Å²) in [5.74, 6) is -0.474. The number of hydrogen-bond acceptors (Lipinski definition) is 7. The fraction of sp³-hybridized carbons (Fsp3) is 0.211. The first-order valence-corrected chi connectivity index (χ1v) is 8.46. The number of carbonyl (C=O) groups excluding carboxylic acids is 2. The zero-order chi connectivity index (χ0) is 20.4. The van der Waals surface area contributed by atoms with Gasteiger partial charge in [0, 0.05) is 12.1 Å². The lowest BCUT2D eigenvalue weighted by molar-refractivity contribution is -0.384. The van der Waals surface area contributed by atoms with Gasteiger partial charge in [-0.1, -0.05) is 6.92 Å². The number of amides is 1. The van der Waals surface area contributed by atoms with E-state index in [0.717, 1.165) is 6.42 Å². The number of nitro benzene ring substituents is 1. The molecule has 2 aromatic rings. The van der Waals surface area contributed by atoms with Gasteiger partial charge in [0.15, 0.2) is 6.61 Å². The van der Waals surface area contributed by atoms with Gasteiger partial charge in [-0.25, -0.2) is 10.2 Å². The van der Waals surface area contributed by atoms with E-state index in [2.05, 4.69) is 10.5 Å². The minimum atomic E-state index is -0.499. The molecule has 0 bridgehead atoms. The molecule has 0 fully saturated rings. The molecule has 2 rings (SSSR count). The number of esters is 1. The van der Waals surface area contributed by atoms with Gasteiger partial charge in [0.25, 0.3) is 11.6 Å². The first-order valence-electron chi connectivity index (χ1n) is 8.46. The largest absolute Gasteiger partial charge is 0.484 e. The third-order valence-electron chi connectivity index (χ3n) is 3.40. The third-order valence-corrected chi connectivity index (χ3v) is 3.40. The molecule has 0 unspecified atom stereocenters. The molecule has 0 spiro atoms. The van der Waals surface area contributed by atoms with Crippen molar-refractivity contribution in [2.45, 2.75) is 13.3 Å². The minimum absolute atomic E-state index is 0.0285. The first-order chi connectivity index (χ1) is 13.5. The molecule has 1 N–H and O–H groups in total. The number of nitro groups is 1. The van der Waals surface area contributed by atoms with E-state index >= 15 is 0 Å². The summed E-state index contributed by atoms with van der Waals surface area (Å²) in [6.07, 6.45) is 2.10. The van der Waals surface area contributed by atoms with E-state index < -0.39 is 16.8 Å². The van der Waals surface area contributed by atoms with Crippen molar-refractivity contribution >= 4 is 23.8 Å². The Bertz CT molecular complexity index is 847. The van der Waals surface area contributed by atoms with E-state index in [1.807, 2.05) is 6.92 Å². The van der Waals surface area contributed by atoms with Gasteiger partial charge in [-0.05, 0) is 48.4 Å². The maximum absolute atomic E-state index is 11.7. The van der Waals surface area contributed by atoms with Crippen LogP contribution in [0.5, 0.6) is 5.75 Å². The van der Waals surface area contributed by atoms with Crippen LogP contribution in [0.15, 0.2) is 53.6 Å². The molecule has 28 heavy (non-hydrogen) atoms. The summed E-state index contributed by atoms with van der Waals surface area (Å²) < 4.78 is 10.3. The summed E-state index contributed by atoms with van der Waals surface area (Å²) in [5, 5.41) is 14.3. The van der Waals surface area contributed by atoms with Crippen molar-refractivity contribution < 1.29 is 24.0 Å². The smallest absolute Gasteiger partial charge is 0.338 e. The highest BCUT2D eigenvalue weighted by Gasteiger charge is 2.07. The molecule has 1 amide bonds. The van der Waals surface area contributed by atoms with Gasteiger partial charge in [-0.2, -0.15) is 5.10 Å². The summed E-state index contributed by atoms with van der Waals surface area (Å²) in [7, 11) is 0. The van der Waals surface area contributed by atoms with Gasteiger partial charge in [0.2, 0.25) is 0 Å². The average molecular weight is 385 g/mol. The van der Waals surface area contributed by atoms with E-state index in [9.17, 15) is 19.7 Å². The van der Waals surface area contributed by atoms with Gasteiger partial charge >= 0.3 is 5.97 Å². The molecule has 0 aliphatic carbocycles. The number of benzene rings is 2. The van der Waals surface area contributed by atoms with Crippen LogP contribution in [0.2, 0.25) is 0 Å². The van der Waals surface area contributed by atoms with E-state index in [0.29, 0.717) is 23.5 Å². The molecule has 0 aliphatic rings. The predicted molar refractivity (Wildman–Crippen MR) is 101 cm³/mol. The molecule has 0 aromatic heterocycles. The average Bonchev–Trinajstić information content (AvgIpc) is 2.71. The van der Waals surface area contributed by atoms with Crippen LogP contribution in [0.1, 0.15) is 29.3 Å². The monoisotopic (exact) mass is 385 g/mol. The number of nitrogens with one attached hydrogen (secondary N) is 1. The molecular formula is C19H19N3O6. The van der Waals surface area contributed by atoms with Gasteiger partial charge in [-0.3, -0.25) is 14.9 Å². The lowest BCUT2D eigenvalue weighted by Gasteiger charge is -2.06. The maximum Gasteiger partial charge on any atom is 0.338 e. The summed E-state index contributed by atoms with van der Waals surface area (Å²) >= 11 is 0. The molecule has 0 atom stereocenters. The van der Waals surface area contributed by atoms with Gasteiger partial charge in [0.1, 0.15) is 5.75 Å². The summed E-state index contributed by atoms with van der Waals surface area (Å²) in [5.41, 5.74) is 3.26. The van der Waals surface area contributed by atoms with Crippen LogP contribution in [-0.4, -0.2) is 36.2 Å².